The van der Waals surface area contributed by atoms with Gasteiger partial charge in [-0.15, -0.1) is 0 Å². The highest BCUT2D eigenvalue weighted by Gasteiger charge is 2.26. The van der Waals surface area contributed by atoms with E-state index in [1.165, 1.54) is 11.5 Å². The number of hydrogen-bond acceptors (Lipinski definition) is 3. The minimum absolute atomic E-state index is 0.0500. The van der Waals surface area contributed by atoms with E-state index in [9.17, 15) is 9.59 Å². The molecule has 1 aliphatic rings. The molecule has 0 radical (unpaired) electrons. The van der Waals surface area contributed by atoms with Crippen LogP contribution in [0.25, 0.3) is 10.8 Å². The number of pyridine rings is 1. The van der Waals surface area contributed by atoms with Crippen molar-refractivity contribution in [3.8, 4) is 0 Å². The number of rotatable bonds is 3. The number of fused-ring (bicyclic) bond motifs is 1. The van der Waals surface area contributed by atoms with Crippen LogP contribution in [0, 0.1) is 5.92 Å². The smallest absolute Gasteiger partial charge is 0.246 e. The van der Waals surface area contributed by atoms with Gasteiger partial charge in [-0.1, -0.05) is 30.8 Å². The van der Waals surface area contributed by atoms with Crippen LogP contribution in [0.2, 0.25) is 0 Å². The Balaban J connectivity index is 1.87. The van der Waals surface area contributed by atoms with Crippen molar-refractivity contribution in [3.63, 3.8) is 0 Å². The van der Waals surface area contributed by atoms with Gasteiger partial charge in [0.1, 0.15) is 0 Å². The normalized spacial score (nSPS) is 18.0. The van der Waals surface area contributed by atoms with Gasteiger partial charge in [0, 0.05) is 50.9 Å². The molecular weight excluding hydrogens is 314 g/mol. The topological polar surface area (TPSA) is 53.5 Å². The van der Waals surface area contributed by atoms with Crippen LogP contribution in [0.4, 0.5) is 0 Å². The van der Waals surface area contributed by atoms with E-state index in [2.05, 4.69) is 17.6 Å². The van der Waals surface area contributed by atoms with Crippen molar-refractivity contribution in [2.75, 3.05) is 26.2 Å². The third-order valence-corrected chi connectivity index (χ3v) is 4.79. The van der Waals surface area contributed by atoms with E-state index in [1.54, 1.807) is 11.8 Å². The lowest BCUT2D eigenvalue weighted by Crippen LogP contribution is -2.35. The van der Waals surface area contributed by atoms with E-state index in [1.807, 2.05) is 35.5 Å². The molecule has 1 aromatic heterocycles. The first-order valence-corrected chi connectivity index (χ1v) is 8.57. The summed E-state index contributed by atoms with van der Waals surface area (Å²) < 4.78 is 0. The fraction of sp³-hybridized carbons (Fsp3) is 0.350. The monoisotopic (exact) mass is 337 g/mol. The van der Waals surface area contributed by atoms with Crippen LogP contribution >= 0.6 is 0 Å². The molecule has 0 N–H and O–H groups in total. The van der Waals surface area contributed by atoms with Gasteiger partial charge in [0.25, 0.3) is 0 Å². The summed E-state index contributed by atoms with van der Waals surface area (Å²) >= 11 is 0. The molecule has 1 aliphatic heterocycles. The van der Waals surface area contributed by atoms with E-state index >= 15 is 0 Å². The third kappa shape index (κ3) is 3.87. The fourth-order valence-electron chi connectivity index (χ4n) is 3.50. The van der Waals surface area contributed by atoms with Gasteiger partial charge in [0.2, 0.25) is 11.8 Å². The Kier molecular flexibility index (Phi) is 5.12. The first-order valence-electron chi connectivity index (χ1n) is 8.57. The molecule has 0 aliphatic carbocycles. The maximum absolute atomic E-state index is 12.1. The van der Waals surface area contributed by atoms with Crippen molar-refractivity contribution in [2.24, 2.45) is 5.92 Å². The van der Waals surface area contributed by atoms with E-state index < -0.39 is 0 Å². The molecule has 5 heteroatoms. The minimum atomic E-state index is -0.0774. The van der Waals surface area contributed by atoms with Crippen molar-refractivity contribution in [1.82, 2.24) is 14.8 Å². The predicted octanol–water partition coefficient (Wildman–Crippen LogP) is 2.27. The second kappa shape index (κ2) is 7.47. The molecule has 1 aromatic carbocycles. The summed E-state index contributed by atoms with van der Waals surface area (Å²) in [5, 5.41) is 2.29. The molecule has 25 heavy (non-hydrogen) atoms. The molecule has 0 spiro atoms. The van der Waals surface area contributed by atoms with Gasteiger partial charge in [-0.05, 0) is 29.4 Å². The molecule has 130 valence electrons. The maximum atomic E-state index is 12.1. The Hall–Kier alpha value is -2.69. The molecule has 1 unspecified atom stereocenters. The first kappa shape index (κ1) is 17.1. The zero-order valence-electron chi connectivity index (χ0n) is 14.5. The molecule has 2 heterocycles. The van der Waals surface area contributed by atoms with Crippen LogP contribution in [0.15, 0.2) is 49.3 Å². The fourth-order valence-corrected chi connectivity index (χ4v) is 3.50. The average Bonchev–Trinajstić information content (AvgIpc) is 2.84. The van der Waals surface area contributed by atoms with E-state index in [0.717, 1.165) is 17.4 Å². The molecule has 2 aromatic rings. The summed E-state index contributed by atoms with van der Waals surface area (Å²) in [7, 11) is 0. The quantitative estimate of drug-likeness (QED) is 0.808. The van der Waals surface area contributed by atoms with Gasteiger partial charge < -0.3 is 9.80 Å². The average molecular weight is 337 g/mol. The summed E-state index contributed by atoms with van der Waals surface area (Å²) in [6, 6.07) is 8.17. The van der Waals surface area contributed by atoms with Gasteiger partial charge in [-0.25, -0.2) is 0 Å². The van der Waals surface area contributed by atoms with Crippen molar-refractivity contribution in [3.05, 3.63) is 54.9 Å². The third-order valence-electron chi connectivity index (χ3n) is 4.79. The SMILES string of the molecule is C=CC(=O)N1CCN(C(C)=O)CC(Cc2cncc3ccccc23)C1. The highest BCUT2D eigenvalue weighted by molar-refractivity contribution is 5.87. The zero-order valence-corrected chi connectivity index (χ0v) is 14.5. The molecular formula is C20H23N3O2. The predicted molar refractivity (Wildman–Crippen MR) is 98.0 cm³/mol. The largest absolute Gasteiger partial charge is 0.341 e. The lowest BCUT2D eigenvalue weighted by molar-refractivity contribution is -0.130. The number of carbonyl (C=O) groups is 2. The molecule has 1 atom stereocenters. The molecule has 0 bridgehead atoms. The Morgan fingerprint density at radius 3 is 2.68 bits per heavy atom. The number of nitrogens with zero attached hydrogens (tertiary/aromatic N) is 3. The molecule has 1 saturated heterocycles. The van der Waals surface area contributed by atoms with E-state index in [0.29, 0.717) is 26.2 Å². The van der Waals surface area contributed by atoms with Gasteiger partial charge in [0.15, 0.2) is 0 Å². The van der Waals surface area contributed by atoms with Crippen LogP contribution in [0.1, 0.15) is 12.5 Å². The van der Waals surface area contributed by atoms with Crippen molar-refractivity contribution in [1.29, 1.82) is 0 Å². The Bertz CT molecular complexity index is 797. The van der Waals surface area contributed by atoms with Gasteiger partial charge in [-0.3, -0.25) is 14.6 Å². The summed E-state index contributed by atoms with van der Waals surface area (Å²) in [5.74, 6) is 0.142. The van der Waals surface area contributed by atoms with Crippen molar-refractivity contribution in [2.45, 2.75) is 13.3 Å². The standard InChI is InChI=1S/C20H23N3O2/c1-3-20(25)23-9-8-22(15(2)24)13-16(14-23)10-18-12-21-11-17-6-4-5-7-19(17)18/h3-7,11-12,16H,1,8-10,13-14H2,2H3. The Labute approximate surface area is 147 Å². The Morgan fingerprint density at radius 2 is 1.92 bits per heavy atom. The van der Waals surface area contributed by atoms with Crippen LogP contribution in [-0.2, 0) is 16.0 Å². The molecule has 3 rings (SSSR count). The maximum Gasteiger partial charge on any atom is 0.246 e. The molecule has 5 nitrogen and oxygen atoms in total. The van der Waals surface area contributed by atoms with Crippen LogP contribution in [-0.4, -0.2) is 52.8 Å². The second-order valence-corrected chi connectivity index (χ2v) is 6.54. The zero-order chi connectivity index (χ0) is 17.8. The number of aromatic nitrogens is 1. The van der Waals surface area contributed by atoms with Crippen molar-refractivity contribution < 1.29 is 9.59 Å². The lowest BCUT2D eigenvalue weighted by Gasteiger charge is -2.24. The summed E-state index contributed by atoms with van der Waals surface area (Å²) in [6.07, 6.45) is 5.88. The molecule has 0 saturated carbocycles. The number of amides is 2. The van der Waals surface area contributed by atoms with Gasteiger partial charge in [-0.2, -0.15) is 0 Å². The Morgan fingerprint density at radius 1 is 1.20 bits per heavy atom. The van der Waals surface area contributed by atoms with Crippen LogP contribution < -0.4 is 0 Å². The number of hydrogen-bond donors (Lipinski definition) is 0. The highest BCUT2D eigenvalue weighted by Crippen LogP contribution is 2.22. The van der Waals surface area contributed by atoms with Crippen LogP contribution in [0.3, 0.4) is 0 Å². The number of benzene rings is 1. The summed E-state index contributed by atoms with van der Waals surface area (Å²) in [4.78, 5) is 32.0. The summed E-state index contributed by atoms with van der Waals surface area (Å²) in [5.41, 5.74) is 1.15. The van der Waals surface area contributed by atoms with Gasteiger partial charge in [0.05, 0.1) is 0 Å². The second-order valence-electron chi connectivity index (χ2n) is 6.54. The van der Waals surface area contributed by atoms with Gasteiger partial charge >= 0.3 is 0 Å². The lowest BCUT2D eigenvalue weighted by atomic mass is 9.96. The van der Waals surface area contributed by atoms with Crippen molar-refractivity contribution >= 4 is 22.6 Å². The highest BCUT2D eigenvalue weighted by atomic mass is 16.2. The number of carbonyl (C=O) groups excluding carboxylic acids is 2. The molecule has 1 fully saturated rings. The minimum Gasteiger partial charge on any atom is -0.341 e. The summed E-state index contributed by atoms with van der Waals surface area (Å²) in [6.45, 7) is 7.57. The van der Waals surface area contributed by atoms with E-state index in [4.69, 9.17) is 0 Å². The molecule has 2 amide bonds. The first-order chi connectivity index (χ1) is 12.1. The van der Waals surface area contributed by atoms with Crippen LogP contribution in [0.5, 0.6) is 0 Å². The van der Waals surface area contributed by atoms with E-state index in [-0.39, 0.29) is 17.7 Å².